The summed E-state index contributed by atoms with van der Waals surface area (Å²) in [5, 5.41) is 0. The monoisotopic (exact) mass is 302 g/mol. The highest BCUT2D eigenvalue weighted by Crippen LogP contribution is 2.35. The lowest BCUT2D eigenvalue weighted by atomic mass is 10.1. The van der Waals surface area contributed by atoms with E-state index in [0.717, 1.165) is 31.5 Å². The van der Waals surface area contributed by atoms with Crippen LogP contribution in [0, 0.1) is 6.92 Å². The molecule has 0 radical (unpaired) electrons. The second-order valence-electron chi connectivity index (χ2n) is 6.00. The maximum absolute atomic E-state index is 12.6. The van der Waals surface area contributed by atoms with Crippen molar-refractivity contribution in [3.63, 3.8) is 0 Å². The number of likely N-dealkylation sites (tertiary alicyclic amines) is 1. The molecular formula is C17H22N2O3. The molecule has 1 saturated heterocycles. The summed E-state index contributed by atoms with van der Waals surface area (Å²) in [6.07, 6.45) is 2.20. The zero-order valence-corrected chi connectivity index (χ0v) is 13.2. The van der Waals surface area contributed by atoms with Crippen molar-refractivity contribution in [2.75, 3.05) is 24.5 Å². The number of hydrogen-bond acceptors (Lipinski definition) is 3. The Morgan fingerprint density at radius 1 is 1.32 bits per heavy atom. The first-order valence-electron chi connectivity index (χ1n) is 7.96. The molecule has 3 rings (SSSR count). The second-order valence-corrected chi connectivity index (χ2v) is 6.00. The van der Waals surface area contributed by atoms with E-state index < -0.39 is 6.10 Å². The minimum absolute atomic E-state index is 0.0232. The van der Waals surface area contributed by atoms with Gasteiger partial charge in [0.25, 0.3) is 5.91 Å². The van der Waals surface area contributed by atoms with E-state index in [1.807, 2.05) is 36.9 Å². The summed E-state index contributed by atoms with van der Waals surface area (Å²) in [6.45, 7) is 5.60. The Labute approximate surface area is 130 Å². The van der Waals surface area contributed by atoms with Gasteiger partial charge in [-0.05, 0) is 43.9 Å². The van der Waals surface area contributed by atoms with Crippen molar-refractivity contribution in [1.29, 1.82) is 0 Å². The lowest BCUT2D eigenvalue weighted by Gasteiger charge is -2.34. The van der Waals surface area contributed by atoms with Gasteiger partial charge in [-0.25, -0.2) is 0 Å². The van der Waals surface area contributed by atoms with Gasteiger partial charge in [0.1, 0.15) is 12.3 Å². The minimum Gasteiger partial charge on any atom is -0.478 e. The van der Waals surface area contributed by atoms with Crippen LogP contribution in [0.4, 0.5) is 5.69 Å². The molecule has 0 bridgehead atoms. The van der Waals surface area contributed by atoms with Crippen LogP contribution in [0.15, 0.2) is 18.2 Å². The van der Waals surface area contributed by atoms with Crippen LogP contribution in [0.5, 0.6) is 5.75 Å². The van der Waals surface area contributed by atoms with Crippen LogP contribution in [-0.4, -0.2) is 42.5 Å². The zero-order valence-electron chi connectivity index (χ0n) is 13.2. The number of benzene rings is 1. The number of nitrogens with zero attached hydrogens (tertiary/aromatic N) is 2. The molecular weight excluding hydrogens is 280 g/mol. The minimum atomic E-state index is -0.499. The molecule has 2 aliphatic rings. The first-order chi connectivity index (χ1) is 10.6. The number of aryl methyl sites for hydroxylation is 1. The van der Waals surface area contributed by atoms with Crippen LogP contribution in [0.25, 0.3) is 0 Å². The second kappa shape index (κ2) is 5.99. The Bertz CT molecular complexity index is 594. The van der Waals surface area contributed by atoms with Gasteiger partial charge in [-0.1, -0.05) is 13.0 Å². The Morgan fingerprint density at radius 2 is 2.05 bits per heavy atom. The zero-order chi connectivity index (χ0) is 15.7. The molecule has 1 aromatic rings. The molecule has 1 atom stereocenters. The summed E-state index contributed by atoms with van der Waals surface area (Å²) in [6, 6.07) is 5.76. The molecule has 0 N–H and O–H groups in total. The van der Waals surface area contributed by atoms with Crippen LogP contribution in [0.3, 0.4) is 0 Å². The van der Waals surface area contributed by atoms with Gasteiger partial charge < -0.3 is 9.64 Å². The summed E-state index contributed by atoms with van der Waals surface area (Å²) < 4.78 is 5.77. The maximum atomic E-state index is 12.6. The molecule has 2 amide bonds. The number of ether oxygens (including phenoxy) is 1. The highest BCUT2D eigenvalue weighted by atomic mass is 16.5. The summed E-state index contributed by atoms with van der Waals surface area (Å²) in [7, 11) is 0. The Hall–Kier alpha value is -2.04. The number of carbonyl (C=O) groups excluding carboxylic acids is 2. The van der Waals surface area contributed by atoms with Gasteiger partial charge in [0.15, 0.2) is 6.10 Å². The molecule has 0 spiro atoms. The summed E-state index contributed by atoms with van der Waals surface area (Å²) >= 11 is 0. The number of anilines is 1. The predicted molar refractivity (Wildman–Crippen MR) is 84.1 cm³/mol. The quantitative estimate of drug-likeness (QED) is 0.859. The van der Waals surface area contributed by atoms with Crippen LogP contribution < -0.4 is 9.64 Å². The van der Waals surface area contributed by atoms with E-state index in [2.05, 4.69) is 0 Å². The molecule has 2 aliphatic heterocycles. The fourth-order valence-electron chi connectivity index (χ4n) is 3.06. The molecule has 0 aromatic heterocycles. The van der Waals surface area contributed by atoms with Gasteiger partial charge >= 0.3 is 0 Å². The van der Waals surface area contributed by atoms with E-state index in [0.29, 0.717) is 17.9 Å². The van der Waals surface area contributed by atoms with E-state index in [1.54, 1.807) is 4.90 Å². The van der Waals surface area contributed by atoms with Crippen LogP contribution in [0.2, 0.25) is 0 Å². The molecule has 0 saturated carbocycles. The predicted octanol–water partition coefficient (Wildman–Crippen LogP) is 2.12. The van der Waals surface area contributed by atoms with Gasteiger partial charge in [-0.3, -0.25) is 14.5 Å². The summed E-state index contributed by atoms with van der Waals surface area (Å²) in [5.74, 6) is 0.592. The number of hydrogen-bond donors (Lipinski definition) is 0. The third-order valence-electron chi connectivity index (χ3n) is 4.34. The van der Waals surface area contributed by atoms with Crippen molar-refractivity contribution in [1.82, 2.24) is 4.90 Å². The molecule has 2 heterocycles. The van der Waals surface area contributed by atoms with E-state index in [-0.39, 0.29) is 18.4 Å². The Morgan fingerprint density at radius 3 is 2.73 bits per heavy atom. The van der Waals surface area contributed by atoms with E-state index >= 15 is 0 Å². The fraction of sp³-hybridized carbons (Fsp3) is 0.529. The smallest absolute Gasteiger partial charge is 0.268 e. The number of rotatable bonds is 3. The largest absolute Gasteiger partial charge is 0.478 e. The molecule has 5 heteroatoms. The first-order valence-corrected chi connectivity index (χ1v) is 7.96. The Balaban J connectivity index is 1.88. The van der Waals surface area contributed by atoms with E-state index in [9.17, 15) is 9.59 Å². The molecule has 1 fully saturated rings. The SMILES string of the molecule is CC[C@H]1Oc2ccc(C)cc2N(CC(=O)N2CCCC2)C1=O. The van der Waals surface area contributed by atoms with Crippen molar-refractivity contribution >= 4 is 17.5 Å². The van der Waals surface area contributed by atoms with Gasteiger partial charge in [0.05, 0.1) is 5.69 Å². The first kappa shape index (κ1) is 14.9. The van der Waals surface area contributed by atoms with Crippen LogP contribution in [-0.2, 0) is 9.59 Å². The van der Waals surface area contributed by atoms with Gasteiger partial charge in [-0.2, -0.15) is 0 Å². The molecule has 5 nitrogen and oxygen atoms in total. The van der Waals surface area contributed by atoms with E-state index in [1.165, 1.54) is 0 Å². The number of amides is 2. The van der Waals surface area contributed by atoms with Crippen molar-refractivity contribution in [2.45, 2.75) is 39.2 Å². The summed E-state index contributed by atoms with van der Waals surface area (Å²) in [4.78, 5) is 28.5. The van der Waals surface area contributed by atoms with Crippen LogP contribution in [0.1, 0.15) is 31.7 Å². The van der Waals surface area contributed by atoms with Crippen molar-refractivity contribution in [3.05, 3.63) is 23.8 Å². The number of fused-ring (bicyclic) bond motifs is 1. The molecule has 0 aliphatic carbocycles. The molecule has 22 heavy (non-hydrogen) atoms. The lowest BCUT2D eigenvalue weighted by molar-refractivity contribution is -0.132. The standard InChI is InChI=1S/C17H22N2O3/c1-3-14-17(21)19(11-16(20)18-8-4-5-9-18)13-10-12(2)6-7-15(13)22-14/h6-7,10,14H,3-5,8-9,11H2,1-2H3/t14-/m1/s1. The molecule has 118 valence electrons. The molecule has 0 unspecified atom stereocenters. The lowest BCUT2D eigenvalue weighted by Crippen LogP contribution is -2.50. The maximum Gasteiger partial charge on any atom is 0.268 e. The van der Waals surface area contributed by atoms with Crippen molar-refractivity contribution in [3.8, 4) is 5.75 Å². The van der Waals surface area contributed by atoms with E-state index in [4.69, 9.17) is 4.74 Å². The molecule has 1 aromatic carbocycles. The van der Waals surface area contributed by atoms with Gasteiger partial charge in [0, 0.05) is 13.1 Å². The normalized spacial score (nSPS) is 20.8. The number of carbonyl (C=O) groups is 2. The average Bonchev–Trinajstić information content (AvgIpc) is 3.04. The highest BCUT2D eigenvalue weighted by molar-refractivity contribution is 6.03. The van der Waals surface area contributed by atoms with Gasteiger partial charge in [0.2, 0.25) is 5.91 Å². The fourth-order valence-corrected chi connectivity index (χ4v) is 3.06. The van der Waals surface area contributed by atoms with Crippen molar-refractivity contribution < 1.29 is 14.3 Å². The van der Waals surface area contributed by atoms with Gasteiger partial charge in [-0.15, -0.1) is 0 Å². The summed E-state index contributed by atoms with van der Waals surface area (Å²) in [5.41, 5.74) is 1.76. The highest BCUT2D eigenvalue weighted by Gasteiger charge is 2.35. The third kappa shape index (κ3) is 2.67. The Kier molecular flexibility index (Phi) is 4.05. The topological polar surface area (TPSA) is 49.9 Å². The third-order valence-corrected chi connectivity index (χ3v) is 4.34. The van der Waals surface area contributed by atoms with Crippen molar-refractivity contribution in [2.24, 2.45) is 0 Å². The van der Waals surface area contributed by atoms with Crippen LogP contribution >= 0.6 is 0 Å². The average molecular weight is 302 g/mol.